The lowest BCUT2D eigenvalue weighted by Gasteiger charge is -2.14. The maximum absolute atomic E-state index is 13.0. The van der Waals surface area contributed by atoms with Gasteiger partial charge < -0.3 is 9.79 Å². The largest absolute Gasteiger partial charge is 0.349 e. The molecule has 2 rings (SSSR count). The van der Waals surface area contributed by atoms with Crippen molar-refractivity contribution in [3.8, 4) is 0 Å². The zero-order chi connectivity index (χ0) is 13.5. The summed E-state index contributed by atoms with van der Waals surface area (Å²) in [5.41, 5.74) is 0.276. The van der Waals surface area contributed by atoms with Crippen molar-refractivity contribution in [2.24, 2.45) is 0 Å². The van der Waals surface area contributed by atoms with E-state index in [0.29, 0.717) is 0 Å². The number of rotatable bonds is 2. The summed E-state index contributed by atoms with van der Waals surface area (Å²) in [5, 5.41) is 2.44. The van der Waals surface area contributed by atoms with Crippen molar-refractivity contribution < 1.29 is 27.9 Å². The molecule has 1 fully saturated rings. The third kappa shape index (κ3) is 2.49. The Hall–Kier alpha value is -1.14. The Morgan fingerprint density at radius 1 is 1.28 bits per heavy atom. The molecule has 8 heteroatoms. The smallest absolute Gasteiger partial charge is 0.323 e. The van der Waals surface area contributed by atoms with Crippen LogP contribution >= 0.6 is 7.60 Å². The number of Topliss-reactive ketones (excluding diaryl/α,β-unsaturated/α-hetero) is 1. The standard InChI is InChI=1S/C10H10F2NO4P/c11-6-2-1-5(3-7(6)12)8-4-9(14)10(13-8)18(15,16)17/h1-3,8,10,13H,4H2,(H2,15,16,17)/t8-,10-/m0/s1. The van der Waals surface area contributed by atoms with E-state index in [1.807, 2.05) is 0 Å². The second-order valence-electron chi connectivity index (χ2n) is 4.05. The van der Waals surface area contributed by atoms with Gasteiger partial charge in [-0.05, 0) is 17.7 Å². The Labute approximate surface area is 101 Å². The molecule has 1 aromatic carbocycles. The van der Waals surface area contributed by atoms with Crippen LogP contribution in [-0.2, 0) is 9.36 Å². The fourth-order valence-electron chi connectivity index (χ4n) is 1.88. The molecule has 0 aromatic heterocycles. The van der Waals surface area contributed by atoms with Crippen LogP contribution in [0.1, 0.15) is 18.0 Å². The van der Waals surface area contributed by atoms with Gasteiger partial charge in [-0.1, -0.05) is 6.07 Å². The highest BCUT2D eigenvalue weighted by molar-refractivity contribution is 7.53. The Morgan fingerprint density at radius 3 is 2.44 bits per heavy atom. The summed E-state index contributed by atoms with van der Waals surface area (Å²) < 4.78 is 36.8. The fourth-order valence-corrected chi connectivity index (χ4v) is 2.74. The van der Waals surface area contributed by atoms with Crippen molar-refractivity contribution in [1.29, 1.82) is 0 Å². The van der Waals surface area contributed by atoms with Gasteiger partial charge in [0.2, 0.25) is 0 Å². The van der Waals surface area contributed by atoms with Gasteiger partial charge >= 0.3 is 7.60 Å². The minimum absolute atomic E-state index is 0.166. The summed E-state index contributed by atoms with van der Waals surface area (Å²) in [7, 11) is -4.58. The van der Waals surface area contributed by atoms with Crippen LogP contribution < -0.4 is 5.32 Å². The molecule has 1 aliphatic heterocycles. The van der Waals surface area contributed by atoms with E-state index in [-0.39, 0.29) is 12.0 Å². The third-order valence-corrected chi connectivity index (χ3v) is 3.86. The topological polar surface area (TPSA) is 86.6 Å². The maximum atomic E-state index is 13.0. The lowest BCUT2D eigenvalue weighted by molar-refractivity contribution is -0.117. The van der Waals surface area contributed by atoms with E-state index in [9.17, 15) is 18.1 Å². The Kier molecular flexibility index (Phi) is 3.33. The quantitative estimate of drug-likeness (QED) is 0.704. The molecular formula is C10H10F2NO4P. The van der Waals surface area contributed by atoms with E-state index in [0.717, 1.165) is 12.1 Å². The van der Waals surface area contributed by atoms with E-state index in [1.165, 1.54) is 6.07 Å². The van der Waals surface area contributed by atoms with Crippen LogP contribution in [0.3, 0.4) is 0 Å². The molecule has 18 heavy (non-hydrogen) atoms. The van der Waals surface area contributed by atoms with E-state index in [4.69, 9.17) is 9.79 Å². The number of halogens is 2. The predicted molar refractivity (Wildman–Crippen MR) is 57.7 cm³/mol. The Balaban J connectivity index is 2.25. The number of ketones is 1. The predicted octanol–water partition coefficient (Wildman–Crippen LogP) is 1.07. The van der Waals surface area contributed by atoms with Crippen molar-refractivity contribution in [3.63, 3.8) is 0 Å². The zero-order valence-corrected chi connectivity index (χ0v) is 9.90. The number of benzene rings is 1. The molecule has 0 spiro atoms. The maximum Gasteiger partial charge on any atom is 0.349 e. The second-order valence-corrected chi connectivity index (χ2v) is 5.75. The van der Waals surface area contributed by atoms with Gasteiger partial charge in [0.15, 0.2) is 23.2 Å². The second kappa shape index (κ2) is 4.51. The molecule has 1 heterocycles. The molecule has 0 bridgehead atoms. The summed E-state index contributed by atoms with van der Waals surface area (Å²) in [4.78, 5) is 29.3. The van der Waals surface area contributed by atoms with Crippen LogP contribution in [0.5, 0.6) is 0 Å². The average molecular weight is 277 g/mol. The van der Waals surface area contributed by atoms with Gasteiger partial charge in [0.05, 0.1) is 0 Å². The minimum atomic E-state index is -4.58. The highest BCUT2D eigenvalue weighted by atomic mass is 31.2. The van der Waals surface area contributed by atoms with Crippen LogP contribution in [0.2, 0.25) is 0 Å². The van der Waals surface area contributed by atoms with Crippen LogP contribution in [0.15, 0.2) is 18.2 Å². The van der Waals surface area contributed by atoms with Crippen molar-refractivity contribution in [1.82, 2.24) is 5.32 Å². The molecule has 1 aromatic rings. The van der Waals surface area contributed by atoms with E-state index in [1.54, 1.807) is 0 Å². The number of nitrogens with one attached hydrogen (secondary N) is 1. The van der Waals surface area contributed by atoms with Crippen molar-refractivity contribution >= 4 is 13.4 Å². The SMILES string of the molecule is O=C1C[C@@H](c2ccc(F)c(F)c2)N[C@H]1P(=O)(O)O. The zero-order valence-electron chi connectivity index (χ0n) is 9.01. The van der Waals surface area contributed by atoms with Gasteiger partial charge in [0.1, 0.15) is 0 Å². The Morgan fingerprint density at radius 2 is 1.94 bits per heavy atom. The number of carbonyl (C=O) groups excluding carboxylic acids is 1. The normalized spacial score (nSPS) is 24.6. The molecular weight excluding hydrogens is 267 g/mol. The molecule has 0 unspecified atom stereocenters. The van der Waals surface area contributed by atoms with Crippen molar-refractivity contribution in [2.75, 3.05) is 0 Å². The summed E-state index contributed by atoms with van der Waals surface area (Å²) in [6, 6.07) is 2.36. The number of carbonyl (C=O) groups is 1. The molecule has 5 nitrogen and oxygen atoms in total. The number of hydrogen-bond donors (Lipinski definition) is 3. The average Bonchev–Trinajstić information content (AvgIpc) is 2.64. The van der Waals surface area contributed by atoms with Crippen LogP contribution in [0, 0.1) is 11.6 Å². The van der Waals surface area contributed by atoms with E-state index >= 15 is 0 Å². The first-order valence-corrected chi connectivity index (χ1v) is 6.76. The lowest BCUT2D eigenvalue weighted by Crippen LogP contribution is -2.28. The molecule has 2 atom stereocenters. The first-order chi connectivity index (χ1) is 8.29. The fraction of sp³-hybridized carbons (Fsp3) is 0.300. The summed E-state index contributed by atoms with van der Waals surface area (Å²) >= 11 is 0. The summed E-state index contributed by atoms with van der Waals surface area (Å²) in [6.45, 7) is 0. The van der Waals surface area contributed by atoms with Gasteiger partial charge in [0.25, 0.3) is 0 Å². The highest BCUT2D eigenvalue weighted by Crippen LogP contribution is 2.45. The summed E-state index contributed by atoms with van der Waals surface area (Å²) in [5.74, 6) is -4.30. The van der Waals surface area contributed by atoms with Crippen LogP contribution in [0.25, 0.3) is 0 Å². The summed E-state index contributed by atoms with van der Waals surface area (Å²) in [6.07, 6.45) is -0.166. The number of hydrogen-bond acceptors (Lipinski definition) is 3. The first kappa shape index (κ1) is 13.3. The molecule has 98 valence electrons. The monoisotopic (exact) mass is 277 g/mol. The van der Waals surface area contributed by atoms with E-state index in [2.05, 4.69) is 5.32 Å². The molecule has 0 saturated carbocycles. The Bertz CT molecular complexity index is 545. The van der Waals surface area contributed by atoms with Crippen molar-refractivity contribution in [3.05, 3.63) is 35.4 Å². The van der Waals surface area contributed by atoms with Gasteiger partial charge in [-0.3, -0.25) is 14.7 Å². The third-order valence-electron chi connectivity index (χ3n) is 2.75. The van der Waals surface area contributed by atoms with E-state index < -0.39 is 36.8 Å². The molecule has 1 aliphatic rings. The molecule has 0 amide bonds. The van der Waals surface area contributed by atoms with Crippen molar-refractivity contribution in [2.45, 2.75) is 18.2 Å². The lowest BCUT2D eigenvalue weighted by atomic mass is 10.1. The first-order valence-electron chi connectivity index (χ1n) is 5.08. The molecule has 0 radical (unpaired) electrons. The highest BCUT2D eigenvalue weighted by Gasteiger charge is 2.43. The molecule has 1 saturated heterocycles. The molecule has 0 aliphatic carbocycles. The van der Waals surface area contributed by atoms with Gasteiger partial charge in [-0.15, -0.1) is 0 Å². The van der Waals surface area contributed by atoms with Gasteiger partial charge in [0, 0.05) is 12.5 Å². The van der Waals surface area contributed by atoms with Gasteiger partial charge in [-0.2, -0.15) is 0 Å². The molecule has 3 N–H and O–H groups in total. The van der Waals surface area contributed by atoms with Gasteiger partial charge in [-0.25, -0.2) is 8.78 Å². The van der Waals surface area contributed by atoms with Crippen LogP contribution in [0.4, 0.5) is 8.78 Å². The van der Waals surface area contributed by atoms with Crippen LogP contribution in [-0.4, -0.2) is 21.4 Å². The minimum Gasteiger partial charge on any atom is -0.323 e.